The normalized spacial score (nSPS) is 13.8. The lowest BCUT2D eigenvalue weighted by atomic mass is 10.1. The van der Waals surface area contributed by atoms with Crippen molar-refractivity contribution in [2.75, 3.05) is 7.11 Å². The molecule has 0 aliphatic heterocycles. The lowest BCUT2D eigenvalue weighted by Crippen LogP contribution is -2.47. The smallest absolute Gasteiger partial charge is 0.328 e. The van der Waals surface area contributed by atoms with Crippen molar-refractivity contribution in [2.45, 2.75) is 19.1 Å². The zero-order valence-corrected chi connectivity index (χ0v) is 11.2. The fraction of sp³-hybridized carbons (Fsp3) is 0.286. The molecule has 0 aliphatic carbocycles. The molecule has 0 heterocycles. The van der Waals surface area contributed by atoms with E-state index in [1.807, 2.05) is 0 Å². The monoisotopic (exact) mass is 279 g/mol. The molecule has 1 rings (SSSR count). The number of benzene rings is 1. The van der Waals surface area contributed by atoms with E-state index in [2.05, 4.69) is 5.32 Å². The molecule has 0 aliphatic rings. The van der Waals surface area contributed by atoms with Crippen LogP contribution in [0.15, 0.2) is 30.3 Å². The van der Waals surface area contributed by atoms with Gasteiger partial charge in [0.2, 0.25) is 5.91 Å². The van der Waals surface area contributed by atoms with Crippen molar-refractivity contribution in [3.05, 3.63) is 35.9 Å². The summed E-state index contributed by atoms with van der Waals surface area (Å²) in [4.78, 5) is 22.4. The van der Waals surface area contributed by atoms with E-state index in [1.54, 1.807) is 31.4 Å². The van der Waals surface area contributed by atoms with Crippen molar-refractivity contribution < 1.29 is 24.5 Å². The number of carboxylic acid groups (broad SMARTS) is 1. The Morgan fingerprint density at radius 1 is 1.30 bits per heavy atom. The fourth-order valence-electron chi connectivity index (χ4n) is 1.48. The number of hydrogen-bond donors (Lipinski definition) is 3. The summed E-state index contributed by atoms with van der Waals surface area (Å²) in [5.74, 6) is -1.17. The van der Waals surface area contributed by atoms with Crippen molar-refractivity contribution in [1.82, 2.24) is 5.32 Å². The first-order valence-corrected chi connectivity index (χ1v) is 5.97. The fourth-order valence-corrected chi connectivity index (χ4v) is 1.48. The van der Waals surface area contributed by atoms with Gasteiger partial charge in [-0.3, -0.25) is 4.79 Å². The summed E-state index contributed by atoms with van der Waals surface area (Å²) in [7, 11) is 1.56. The maximum atomic E-state index is 11.6. The average Bonchev–Trinajstić information content (AvgIpc) is 2.42. The van der Waals surface area contributed by atoms with Gasteiger partial charge in [-0.2, -0.15) is 0 Å². The van der Waals surface area contributed by atoms with Gasteiger partial charge < -0.3 is 20.3 Å². The van der Waals surface area contributed by atoms with Crippen molar-refractivity contribution >= 4 is 18.0 Å². The highest BCUT2D eigenvalue weighted by molar-refractivity contribution is 5.94. The Morgan fingerprint density at radius 3 is 2.35 bits per heavy atom. The quantitative estimate of drug-likeness (QED) is 0.665. The Balaban J connectivity index is 2.64. The molecule has 0 spiro atoms. The van der Waals surface area contributed by atoms with Gasteiger partial charge in [0, 0.05) is 6.08 Å². The second-order valence-corrected chi connectivity index (χ2v) is 4.17. The number of aliphatic carboxylic acids is 1. The first-order chi connectivity index (χ1) is 9.43. The predicted molar refractivity (Wildman–Crippen MR) is 73.3 cm³/mol. The van der Waals surface area contributed by atoms with E-state index in [9.17, 15) is 14.7 Å². The Kier molecular flexibility index (Phi) is 5.74. The number of carbonyl (C=O) groups is 2. The van der Waals surface area contributed by atoms with Gasteiger partial charge in [-0.15, -0.1) is 0 Å². The van der Waals surface area contributed by atoms with E-state index in [1.165, 1.54) is 19.1 Å². The molecule has 2 unspecified atom stereocenters. The number of ether oxygens (including phenoxy) is 1. The molecule has 3 N–H and O–H groups in total. The van der Waals surface area contributed by atoms with Gasteiger partial charge in [0.05, 0.1) is 13.2 Å². The van der Waals surface area contributed by atoms with E-state index in [0.29, 0.717) is 5.75 Å². The number of aliphatic hydroxyl groups excluding tert-OH is 1. The molecule has 0 fully saturated rings. The summed E-state index contributed by atoms with van der Waals surface area (Å²) >= 11 is 0. The topological polar surface area (TPSA) is 95.9 Å². The second kappa shape index (κ2) is 7.30. The molecule has 2 atom stereocenters. The molecule has 0 radical (unpaired) electrons. The first-order valence-electron chi connectivity index (χ1n) is 5.97. The van der Waals surface area contributed by atoms with Gasteiger partial charge in [0.25, 0.3) is 0 Å². The van der Waals surface area contributed by atoms with Crippen LogP contribution in [0.25, 0.3) is 6.08 Å². The van der Waals surface area contributed by atoms with E-state index in [0.717, 1.165) is 5.56 Å². The molecular formula is C14H17NO5. The van der Waals surface area contributed by atoms with Crippen LogP contribution in [0.5, 0.6) is 5.75 Å². The van der Waals surface area contributed by atoms with Crippen LogP contribution in [-0.4, -0.2) is 41.3 Å². The molecule has 6 heteroatoms. The third kappa shape index (κ3) is 4.74. The van der Waals surface area contributed by atoms with Gasteiger partial charge in [-0.05, 0) is 30.7 Å². The number of methoxy groups -OCH3 is 1. The Morgan fingerprint density at radius 2 is 1.90 bits per heavy atom. The third-order valence-corrected chi connectivity index (χ3v) is 2.59. The summed E-state index contributed by atoms with van der Waals surface area (Å²) in [5, 5.41) is 20.3. The Hall–Kier alpha value is -2.34. The van der Waals surface area contributed by atoms with Crippen LogP contribution in [0.1, 0.15) is 12.5 Å². The van der Waals surface area contributed by atoms with Crippen LogP contribution in [0, 0.1) is 0 Å². The molecular weight excluding hydrogens is 262 g/mol. The molecule has 0 saturated carbocycles. The molecule has 1 amide bonds. The lowest BCUT2D eigenvalue weighted by Gasteiger charge is -2.15. The van der Waals surface area contributed by atoms with Gasteiger partial charge in [-0.25, -0.2) is 4.79 Å². The standard InChI is InChI=1S/C14H17NO5/c1-9(16)13(14(18)19)15-12(17)8-5-10-3-6-11(20-2)7-4-10/h3-9,13,16H,1-2H3,(H,15,17)(H,18,19)/b8-5+. The minimum Gasteiger partial charge on any atom is -0.497 e. The summed E-state index contributed by atoms with van der Waals surface area (Å²) in [6, 6.07) is 5.67. The zero-order chi connectivity index (χ0) is 15.1. The van der Waals surface area contributed by atoms with Crippen molar-refractivity contribution in [3.63, 3.8) is 0 Å². The van der Waals surface area contributed by atoms with Crippen LogP contribution in [0.3, 0.4) is 0 Å². The van der Waals surface area contributed by atoms with E-state index in [-0.39, 0.29) is 0 Å². The maximum absolute atomic E-state index is 11.6. The SMILES string of the molecule is COc1ccc(/C=C/C(=O)NC(C(=O)O)C(C)O)cc1. The number of aliphatic hydroxyl groups is 1. The molecule has 6 nitrogen and oxygen atoms in total. The van der Waals surface area contributed by atoms with Crippen molar-refractivity contribution in [2.24, 2.45) is 0 Å². The molecule has 108 valence electrons. The van der Waals surface area contributed by atoms with Crippen molar-refractivity contribution in [3.8, 4) is 5.75 Å². The van der Waals surface area contributed by atoms with Gasteiger partial charge >= 0.3 is 5.97 Å². The largest absolute Gasteiger partial charge is 0.497 e. The zero-order valence-electron chi connectivity index (χ0n) is 11.2. The van der Waals surface area contributed by atoms with Crippen LogP contribution in [0.2, 0.25) is 0 Å². The Bertz CT molecular complexity index is 493. The van der Waals surface area contributed by atoms with Gasteiger partial charge in [0.1, 0.15) is 5.75 Å². The summed E-state index contributed by atoms with van der Waals surface area (Å²) in [6.45, 7) is 1.30. The van der Waals surface area contributed by atoms with Crippen LogP contribution in [-0.2, 0) is 9.59 Å². The number of rotatable bonds is 6. The molecule has 0 bridgehead atoms. The number of hydrogen-bond acceptors (Lipinski definition) is 4. The maximum Gasteiger partial charge on any atom is 0.328 e. The van der Waals surface area contributed by atoms with Gasteiger partial charge in [-0.1, -0.05) is 12.1 Å². The van der Waals surface area contributed by atoms with Crippen LogP contribution in [0.4, 0.5) is 0 Å². The highest BCUT2D eigenvalue weighted by atomic mass is 16.5. The summed E-state index contributed by atoms with van der Waals surface area (Å²) < 4.78 is 5.00. The van der Waals surface area contributed by atoms with E-state index >= 15 is 0 Å². The van der Waals surface area contributed by atoms with Crippen LogP contribution >= 0.6 is 0 Å². The highest BCUT2D eigenvalue weighted by Gasteiger charge is 2.23. The minimum atomic E-state index is -1.33. The molecule has 0 saturated heterocycles. The third-order valence-electron chi connectivity index (χ3n) is 2.59. The number of nitrogens with one attached hydrogen (secondary N) is 1. The predicted octanol–water partition coefficient (Wildman–Crippen LogP) is 0.659. The molecule has 1 aromatic carbocycles. The van der Waals surface area contributed by atoms with Crippen LogP contribution < -0.4 is 10.1 Å². The average molecular weight is 279 g/mol. The second-order valence-electron chi connectivity index (χ2n) is 4.17. The molecule has 1 aromatic rings. The number of carbonyl (C=O) groups excluding carboxylic acids is 1. The summed E-state index contributed by atoms with van der Waals surface area (Å²) in [6.07, 6.45) is 1.57. The Labute approximate surface area is 116 Å². The highest BCUT2D eigenvalue weighted by Crippen LogP contribution is 2.12. The van der Waals surface area contributed by atoms with E-state index in [4.69, 9.17) is 9.84 Å². The minimum absolute atomic E-state index is 0.589. The number of amides is 1. The van der Waals surface area contributed by atoms with Gasteiger partial charge in [0.15, 0.2) is 6.04 Å². The molecule has 0 aromatic heterocycles. The van der Waals surface area contributed by atoms with Crippen molar-refractivity contribution in [1.29, 1.82) is 0 Å². The molecule has 20 heavy (non-hydrogen) atoms. The number of carboxylic acids is 1. The van der Waals surface area contributed by atoms with E-state index < -0.39 is 24.0 Å². The first kappa shape index (κ1) is 15.7. The lowest BCUT2D eigenvalue weighted by molar-refractivity contribution is -0.144. The summed E-state index contributed by atoms with van der Waals surface area (Å²) in [5.41, 5.74) is 0.768.